The summed E-state index contributed by atoms with van der Waals surface area (Å²) in [6.45, 7) is 9.81. The standard InChI is InChI=1S/C22H30N6S/c1-6-23-22(25-15(2)12-20-16(3)27-28(5)17(20)4)24-13-19-14-29-21(26-19)18-10-8-7-9-11-18/h7-11,14-15H,6,12-13H2,1-5H3,(H2,23,24,25). The van der Waals surface area contributed by atoms with Crippen molar-refractivity contribution < 1.29 is 0 Å². The smallest absolute Gasteiger partial charge is 0.191 e. The third-order valence-corrected chi connectivity index (χ3v) is 5.81. The fourth-order valence-corrected chi connectivity index (χ4v) is 4.09. The predicted molar refractivity (Wildman–Crippen MR) is 121 cm³/mol. The Morgan fingerprint density at radius 1 is 1.24 bits per heavy atom. The van der Waals surface area contributed by atoms with Gasteiger partial charge >= 0.3 is 0 Å². The summed E-state index contributed by atoms with van der Waals surface area (Å²) in [5.41, 5.74) is 5.74. The molecular weight excluding hydrogens is 380 g/mol. The number of hydrogen-bond acceptors (Lipinski definition) is 4. The van der Waals surface area contributed by atoms with Crippen molar-refractivity contribution in [3.8, 4) is 10.6 Å². The van der Waals surface area contributed by atoms with Gasteiger partial charge in [-0.1, -0.05) is 30.3 Å². The average Bonchev–Trinajstić information content (AvgIpc) is 3.27. The van der Waals surface area contributed by atoms with E-state index in [0.717, 1.165) is 40.9 Å². The Morgan fingerprint density at radius 2 is 2.00 bits per heavy atom. The second-order valence-corrected chi connectivity index (χ2v) is 8.09. The van der Waals surface area contributed by atoms with Crippen LogP contribution in [0, 0.1) is 13.8 Å². The van der Waals surface area contributed by atoms with Gasteiger partial charge in [-0.3, -0.25) is 4.68 Å². The van der Waals surface area contributed by atoms with Crippen molar-refractivity contribution in [2.75, 3.05) is 6.54 Å². The lowest BCUT2D eigenvalue weighted by molar-refractivity contribution is 0.635. The normalized spacial score (nSPS) is 12.8. The molecule has 29 heavy (non-hydrogen) atoms. The molecule has 0 aliphatic heterocycles. The topological polar surface area (TPSA) is 67.1 Å². The monoisotopic (exact) mass is 410 g/mol. The van der Waals surface area contributed by atoms with Crippen molar-refractivity contribution >= 4 is 17.3 Å². The molecule has 0 radical (unpaired) electrons. The number of nitrogens with zero attached hydrogens (tertiary/aromatic N) is 4. The third kappa shape index (κ3) is 5.44. The van der Waals surface area contributed by atoms with E-state index in [1.807, 2.05) is 29.9 Å². The number of rotatable bonds is 7. The summed E-state index contributed by atoms with van der Waals surface area (Å²) in [4.78, 5) is 9.47. The number of hydrogen-bond donors (Lipinski definition) is 2. The minimum Gasteiger partial charge on any atom is -0.357 e. The number of guanidine groups is 1. The molecule has 2 heterocycles. The first-order chi connectivity index (χ1) is 14.0. The molecule has 2 aromatic heterocycles. The third-order valence-electron chi connectivity index (χ3n) is 4.87. The first kappa shape index (κ1) is 21.0. The maximum absolute atomic E-state index is 4.74. The summed E-state index contributed by atoms with van der Waals surface area (Å²) in [6.07, 6.45) is 0.908. The van der Waals surface area contributed by atoms with Crippen LogP contribution in [0.25, 0.3) is 10.6 Å². The maximum atomic E-state index is 4.74. The molecule has 1 atom stereocenters. The molecule has 3 aromatic rings. The van der Waals surface area contributed by atoms with Gasteiger partial charge in [0.1, 0.15) is 5.01 Å². The van der Waals surface area contributed by atoms with Gasteiger partial charge in [0.05, 0.1) is 17.9 Å². The van der Waals surface area contributed by atoms with Crippen LogP contribution in [0.3, 0.4) is 0 Å². The Balaban J connectivity index is 1.64. The highest BCUT2D eigenvalue weighted by atomic mass is 32.1. The van der Waals surface area contributed by atoms with Crippen LogP contribution in [-0.4, -0.2) is 33.3 Å². The number of aryl methyl sites for hydroxylation is 2. The number of aromatic nitrogens is 3. The molecule has 6 nitrogen and oxygen atoms in total. The zero-order chi connectivity index (χ0) is 20.8. The summed E-state index contributed by atoms with van der Waals surface area (Å²) in [6, 6.07) is 10.5. The van der Waals surface area contributed by atoms with Crippen LogP contribution in [-0.2, 0) is 20.0 Å². The second-order valence-electron chi connectivity index (χ2n) is 7.23. The van der Waals surface area contributed by atoms with Gasteiger partial charge in [0, 0.05) is 36.3 Å². The molecule has 1 unspecified atom stereocenters. The van der Waals surface area contributed by atoms with Crippen molar-refractivity contribution in [3.63, 3.8) is 0 Å². The molecule has 0 amide bonds. The highest BCUT2D eigenvalue weighted by molar-refractivity contribution is 7.13. The molecule has 0 aliphatic carbocycles. The largest absolute Gasteiger partial charge is 0.357 e. The SMILES string of the molecule is CCNC(=NCc1csc(-c2ccccc2)n1)NC(C)Cc1c(C)nn(C)c1C. The Hall–Kier alpha value is -2.67. The van der Waals surface area contributed by atoms with Crippen LogP contribution in [0.15, 0.2) is 40.7 Å². The van der Waals surface area contributed by atoms with Gasteiger partial charge < -0.3 is 10.6 Å². The first-order valence-corrected chi connectivity index (χ1v) is 10.9. The van der Waals surface area contributed by atoms with Gasteiger partial charge in [-0.05, 0) is 39.7 Å². The molecular formula is C22H30N6S. The molecule has 3 rings (SSSR count). The Morgan fingerprint density at radius 3 is 2.66 bits per heavy atom. The summed E-state index contributed by atoms with van der Waals surface area (Å²) >= 11 is 1.66. The van der Waals surface area contributed by atoms with Crippen molar-refractivity contribution in [3.05, 3.63) is 58.4 Å². The van der Waals surface area contributed by atoms with Crippen LogP contribution in [0.2, 0.25) is 0 Å². The Labute approximate surface area is 177 Å². The molecule has 7 heteroatoms. The van der Waals surface area contributed by atoms with Gasteiger partial charge in [0.15, 0.2) is 5.96 Å². The molecule has 2 N–H and O–H groups in total. The van der Waals surface area contributed by atoms with Crippen LogP contribution >= 0.6 is 11.3 Å². The summed E-state index contributed by atoms with van der Waals surface area (Å²) < 4.78 is 1.95. The highest BCUT2D eigenvalue weighted by Gasteiger charge is 2.14. The zero-order valence-electron chi connectivity index (χ0n) is 17.9. The van der Waals surface area contributed by atoms with Crippen molar-refractivity contribution in [1.29, 1.82) is 0 Å². The number of thiazole rings is 1. The lowest BCUT2D eigenvalue weighted by Gasteiger charge is -2.18. The van der Waals surface area contributed by atoms with Crippen LogP contribution in [0.4, 0.5) is 0 Å². The van der Waals surface area contributed by atoms with Crippen molar-refractivity contribution in [2.24, 2.45) is 12.0 Å². The number of benzene rings is 1. The average molecular weight is 411 g/mol. The van der Waals surface area contributed by atoms with Crippen molar-refractivity contribution in [1.82, 2.24) is 25.4 Å². The van der Waals surface area contributed by atoms with Gasteiger partial charge in [-0.2, -0.15) is 5.10 Å². The van der Waals surface area contributed by atoms with E-state index in [1.165, 1.54) is 11.3 Å². The fourth-order valence-electron chi connectivity index (χ4n) is 3.28. The molecule has 154 valence electrons. The van der Waals surface area contributed by atoms with Gasteiger partial charge in [-0.25, -0.2) is 9.98 Å². The predicted octanol–water partition coefficient (Wildman–Crippen LogP) is 3.85. The minimum absolute atomic E-state index is 0.240. The lowest BCUT2D eigenvalue weighted by Crippen LogP contribution is -2.43. The zero-order valence-corrected chi connectivity index (χ0v) is 18.7. The Bertz CT molecular complexity index is 957. The molecule has 0 spiro atoms. The molecule has 0 aliphatic rings. The Kier molecular flexibility index (Phi) is 7.04. The van der Waals surface area contributed by atoms with Gasteiger partial charge in [0.2, 0.25) is 0 Å². The minimum atomic E-state index is 0.240. The van der Waals surface area contributed by atoms with E-state index >= 15 is 0 Å². The maximum Gasteiger partial charge on any atom is 0.191 e. The lowest BCUT2D eigenvalue weighted by atomic mass is 10.1. The molecule has 0 fully saturated rings. The van der Waals surface area contributed by atoms with E-state index in [4.69, 9.17) is 9.98 Å². The van der Waals surface area contributed by atoms with Gasteiger partial charge in [0.25, 0.3) is 0 Å². The van der Waals surface area contributed by atoms with Crippen LogP contribution < -0.4 is 10.6 Å². The highest BCUT2D eigenvalue weighted by Crippen LogP contribution is 2.23. The first-order valence-electron chi connectivity index (χ1n) is 10.0. The van der Waals surface area contributed by atoms with Crippen LogP contribution in [0.1, 0.15) is 36.5 Å². The van der Waals surface area contributed by atoms with E-state index < -0.39 is 0 Å². The van der Waals surface area contributed by atoms with E-state index in [-0.39, 0.29) is 6.04 Å². The van der Waals surface area contributed by atoms with Crippen molar-refractivity contribution in [2.45, 2.75) is 46.7 Å². The number of aliphatic imine (C=N–C) groups is 1. The molecule has 0 saturated heterocycles. The quantitative estimate of drug-likeness (QED) is 0.459. The molecule has 0 saturated carbocycles. The van der Waals surface area contributed by atoms with E-state index in [1.54, 1.807) is 11.3 Å². The fraction of sp³-hybridized carbons (Fsp3) is 0.409. The summed E-state index contributed by atoms with van der Waals surface area (Å²) in [5, 5.41) is 14.5. The van der Waals surface area contributed by atoms with E-state index in [0.29, 0.717) is 6.54 Å². The number of nitrogens with one attached hydrogen (secondary N) is 2. The van der Waals surface area contributed by atoms with E-state index in [9.17, 15) is 0 Å². The molecule has 1 aromatic carbocycles. The second kappa shape index (κ2) is 9.69. The summed E-state index contributed by atoms with van der Waals surface area (Å²) in [7, 11) is 1.99. The summed E-state index contributed by atoms with van der Waals surface area (Å²) in [5.74, 6) is 0.813. The molecule has 0 bridgehead atoms. The van der Waals surface area contributed by atoms with Crippen LogP contribution in [0.5, 0.6) is 0 Å². The van der Waals surface area contributed by atoms with Gasteiger partial charge in [-0.15, -0.1) is 11.3 Å². The van der Waals surface area contributed by atoms with E-state index in [2.05, 4.69) is 60.9 Å².